The maximum absolute atomic E-state index is 14.9. The van der Waals surface area contributed by atoms with Crippen LogP contribution in [0.4, 0.5) is 0 Å². The predicted octanol–water partition coefficient (Wildman–Crippen LogP) is 5.71. The molecule has 1 aliphatic heterocycles. The van der Waals surface area contributed by atoms with E-state index in [2.05, 4.69) is 10.2 Å². The molecule has 1 aromatic heterocycles. The molecular weight excluding hydrogens is 588 g/mol. The first kappa shape index (κ1) is 31.9. The Morgan fingerprint density at radius 3 is 2.06 bits per heavy atom. The molecule has 0 unspecified atom stereocenters. The lowest BCUT2D eigenvalue weighted by Crippen LogP contribution is -2.39. The Morgan fingerprint density at radius 2 is 1.45 bits per heavy atom. The first-order chi connectivity index (χ1) is 23.0. The summed E-state index contributed by atoms with van der Waals surface area (Å²) in [5.74, 6) is -1.22. The number of rotatable bonds is 11. The fraction of sp³-hybridized carbons (Fsp3) is 0.256. The number of pyridine rings is 1. The molecule has 0 radical (unpaired) electrons. The Bertz CT molecular complexity index is 1900. The fourth-order valence-corrected chi connectivity index (χ4v) is 6.66. The monoisotopic (exact) mass is 628 g/mol. The van der Waals surface area contributed by atoms with Crippen LogP contribution in [0.25, 0.3) is 16.5 Å². The second-order valence-corrected chi connectivity index (χ2v) is 11.9. The number of hydrogen-bond acceptors (Lipinski definition) is 5. The summed E-state index contributed by atoms with van der Waals surface area (Å²) in [5.41, 5.74) is 9.89. The smallest absolute Gasteiger partial charge is 0.263 e. The highest BCUT2D eigenvalue weighted by Crippen LogP contribution is 2.36. The van der Waals surface area contributed by atoms with Gasteiger partial charge < -0.3 is 15.8 Å². The summed E-state index contributed by atoms with van der Waals surface area (Å²) in [6.07, 6.45) is 0.693. The highest BCUT2D eigenvalue weighted by Gasteiger charge is 2.30. The maximum Gasteiger partial charge on any atom is 0.263 e. The van der Waals surface area contributed by atoms with Crippen LogP contribution in [0.1, 0.15) is 64.5 Å². The number of carbonyl (C=O) groups is 2. The summed E-state index contributed by atoms with van der Waals surface area (Å²) in [5, 5.41) is 4.27. The van der Waals surface area contributed by atoms with Crippen molar-refractivity contribution >= 4 is 22.6 Å². The van der Waals surface area contributed by atoms with Crippen LogP contribution in [0.5, 0.6) is 0 Å². The van der Waals surface area contributed by atoms with Gasteiger partial charge in [-0.1, -0.05) is 97.9 Å². The lowest BCUT2D eigenvalue weighted by molar-refractivity contribution is -0.118. The van der Waals surface area contributed by atoms with Gasteiger partial charge in [-0.3, -0.25) is 23.9 Å². The third-order valence-corrected chi connectivity index (χ3v) is 8.96. The lowest BCUT2D eigenvalue weighted by Gasteiger charge is -2.30. The van der Waals surface area contributed by atoms with Gasteiger partial charge in [0.15, 0.2) is 0 Å². The molecule has 47 heavy (non-hydrogen) atoms. The van der Waals surface area contributed by atoms with E-state index in [9.17, 15) is 14.4 Å². The number of nitrogens with zero attached hydrogens (tertiary/aromatic N) is 2. The molecule has 8 heteroatoms. The molecule has 2 heterocycles. The average Bonchev–Trinajstić information content (AvgIpc) is 3.11. The van der Waals surface area contributed by atoms with Gasteiger partial charge in [0.05, 0.1) is 30.5 Å². The molecule has 2 amide bonds. The van der Waals surface area contributed by atoms with Crippen LogP contribution < -0.4 is 16.6 Å². The van der Waals surface area contributed by atoms with E-state index in [1.54, 1.807) is 10.6 Å². The Labute approximate surface area is 274 Å². The summed E-state index contributed by atoms with van der Waals surface area (Å²) in [7, 11) is 0. The van der Waals surface area contributed by atoms with Crippen molar-refractivity contribution in [3.63, 3.8) is 0 Å². The van der Waals surface area contributed by atoms with Crippen molar-refractivity contribution in [3.8, 4) is 5.69 Å². The summed E-state index contributed by atoms with van der Waals surface area (Å²) >= 11 is 0. The zero-order valence-electron chi connectivity index (χ0n) is 26.6. The number of hydrogen-bond donors (Lipinski definition) is 2. The van der Waals surface area contributed by atoms with E-state index >= 15 is 0 Å². The summed E-state index contributed by atoms with van der Waals surface area (Å²) in [6, 6.07) is 34.3. The summed E-state index contributed by atoms with van der Waals surface area (Å²) < 4.78 is 7.33. The third-order valence-electron chi connectivity index (χ3n) is 8.96. The standard InChI is InChI=1S/C39H40N4O4/c1-2-33(28-15-8-4-9-16-28)41-38(45)37-34(26-42-21-23-47-24-22-42)43(29-17-10-5-11-18-29)39(46)31-20-12-19-30(36(31)37)32(25-35(40)44)27-13-6-3-7-14-27/h3-20,32-33H,2,21-26H2,1H3,(H2,40,44)(H,41,45)/t32-,33-/m0/s1. The minimum Gasteiger partial charge on any atom is -0.379 e. The number of para-hydroxylation sites is 1. The molecule has 1 fully saturated rings. The van der Waals surface area contributed by atoms with Gasteiger partial charge in [-0.05, 0) is 41.3 Å². The number of benzene rings is 4. The molecule has 0 aliphatic carbocycles. The second-order valence-electron chi connectivity index (χ2n) is 11.9. The van der Waals surface area contributed by atoms with Gasteiger partial charge in [0.2, 0.25) is 5.91 Å². The van der Waals surface area contributed by atoms with Gasteiger partial charge in [-0.25, -0.2) is 0 Å². The number of fused-ring (bicyclic) bond motifs is 1. The van der Waals surface area contributed by atoms with Crippen molar-refractivity contribution in [2.75, 3.05) is 26.3 Å². The van der Waals surface area contributed by atoms with Crippen molar-refractivity contribution in [2.45, 2.75) is 38.3 Å². The van der Waals surface area contributed by atoms with Crippen molar-refractivity contribution in [3.05, 3.63) is 147 Å². The van der Waals surface area contributed by atoms with E-state index in [1.807, 2.05) is 110 Å². The summed E-state index contributed by atoms with van der Waals surface area (Å²) in [4.78, 5) is 44.4. The minimum atomic E-state index is -0.469. The van der Waals surface area contributed by atoms with Gasteiger partial charge >= 0.3 is 0 Å². The first-order valence-electron chi connectivity index (χ1n) is 16.2. The number of primary amides is 1. The van der Waals surface area contributed by atoms with Gasteiger partial charge in [0, 0.05) is 48.4 Å². The molecule has 3 N–H and O–H groups in total. The van der Waals surface area contributed by atoms with Gasteiger partial charge in [-0.2, -0.15) is 0 Å². The molecule has 0 spiro atoms. The normalized spacial score (nSPS) is 14.8. The van der Waals surface area contributed by atoms with Crippen LogP contribution in [-0.2, 0) is 16.1 Å². The van der Waals surface area contributed by atoms with E-state index in [0.717, 1.165) is 11.1 Å². The zero-order chi connectivity index (χ0) is 32.8. The number of nitrogens with one attached hydrogen (secondary N) is 1. The molecule has 240 valence electrons. The van der Waals surface area contributed by atoms with Crippen molar-refractivity contribution < 1.29 is 14.3 Å². The van der Waals surface area contributed by atoms with E-state index in [1.165, 1.54) is 0 Å². The Balaban J connectivity index is 1.67. The lowest BCUT2D eigenvalue weighted by atomic mass is 9.83. The maximum atomic E-state index is 14.9. The number of ether oxygens (including phenoxy) is 1. The molecule has 1 aliphatic rings. The van der Waals surface area contributed by atoms with Crippen molar-refractivity contribution in [1.82, 2.24) is 14.8 Å². The quantitative estimate of drug-likeness (QED) is 0.195. The number of carbonyl (C=O) groups excluding carboxylic acids is 2. The van der Waals surface area contributed by atoms with Gasteiger partial charge in [-0.15, -0.1) is 0 Å². The van der Waals surface area contributed by atoms with Gasteiger partial charge in [0.1, 0.15) is 0 Å². The minimum absolute atomic E-state index is 0.0202. The molecule has 1 saturated heterocycles. The molecule has 2 atom stereocenters. The fourth-order valence-electron chi connectivity index (χ4n) is 6.66. The SMILES string of the molecule is CC[C@H](NC(=O)c1c(CN2CCOCC2)n(-c2ccccc2)c(=O)c2cccc([C@@H](CC(N)=O)c3ccccc3)c12)c1ccccc1. The number of morpholine rings is 1. The van der Waals surface area contributed by atoms with E-state index in [0.29, 0.717) is 72.5 Å². The van der Waals surface area contributed by atoms with Crippen LogP contribution in [0, 0.1) is 0 Å². The third kappa shape index (κ3) is 6.89. The number of amides is 2. The summed E-state index contributed by atoms with van der Waals surface area (Å²) in [6.45, 7) is 4.86. The van der Waals surface area contributed by atoms with E-state index in [-0.39, 0.29) is 23.9 Å². The molecule has 0 bridgehead atoms. The zero-order valence-corrected chi connectivity index (χ0v) is 26.6. The second kappa shape index (κ2) is 14.6. The molecule has 8 nitrogen and oxygen atoms in total. The number of aromatic nitrogens is 1. The Hall–Kier alpha value is -5.05. The largest absolute Gasteiger partial charge is 0.379 e. The molecular formula is C39H40N4O4. The van der Waals surface area contributed by atoms with E-state index < -0.39 is 11.8 Å². The van der Waals surface area contributed by atoms with Crippen LogP contribution >= 0.6 is 0 Å². The predicted molar refractivity (Wildman–Crippen MR) is 185 cm³/mol. The molecule has 4 aromatic carbocycles. The average molecular weight is 629 g/mol. The molecule has 0 saturated carbocycles. The van der Waals surface area contributed by atoms with Crippen LogP contribution in [0.2, 0.25) is 0 Å². The van der Waals surface area contributed by atoms with E-state index in [4.69, 9.17) is 10.5 Å². The topological polar surface area (TPSA) is 107 Å². The Kier molecular flexibility index (Phi) is 9.90. The van der Waals surface area contributed by atoms with Crippen molar-refractivity contribution in [2.24, 2.45) is 5.73 Å². The van der Waals surface area contributed by atoms with Crippen molar-refractivity contribution in [1.29, 1.82) is 0 Å². The number of nitrogens with two attached hydrogens (primary N) is 1. The van der Waals surface area contributed by atoms with Gasteiger partial charge in [0.25, 0.3) is 11.5 Å². The van der Waals surface area contributed by atoms with Crippen LogP contribution in [0.15, 0.2) is 114 Å². The molecule has 6 rings (SSSR count). The first-order valence-corrected chi connectivity index (χ1v) is 16.2. The van der Waals surface area contributed by atoms with Crippen LogP contribution in [0.3, 0.4) is 0 Å². The highest BCUT2D eigenvalue weighted by molar-refractivity contribution is 6.09. The molecule has 5 aromatic rings. The Morgan fingerprint density at radius 1 is 0.830 bits per heavy atom. The highest BCUT2D eigenvalue weighted by atomic mass is 16.5. The van der Waals surface area contributed by atoms with Crippen LogP contribution in [-0.4, -0.2) is 47.6 Å².